The number of anilines is 2. The summed E-state index contributed by atoms with van der Waals surface area (Å²) in [6.45, 7) is 1.20. The van der Waals surface area contributed by atoms with Gasteiger partial charge >= 0.3 is 0 Å². The number of aromatic nitrogens is 3. The molecule has 3 fully saturated rings. The monoisotopic (exact) mass is 598 g/mol. The van der Waals surface area contributed by atoms with E-state index in [4.69, 9.17) is 16.1 Å². The zero-order valence-electron chi connectivity index (χ0n) is 22.6. The minimum Gasteiger partial charge on any atom is -0.355 e. The third kappa shape index (κ3) is 6.23. The number of hydrogen-bond acceptors (Lipinski definition) is 9. The third-order valence-corrected chi connectivity index (χ3v) is 9.23. The summed E-state index contributed by atoms with van der Waals surface area (Å²) in [5.74, 6) is 1.85. The molecule has 2 amide bonds. The average molecular weight is 599 g/mol. The number of nitrogens with one attached hydrogen (secondary N) is 2. The number of carbonyl (C=O) groups is 2. The van der Waals surface area contributed by atoms with Crippen LogP contribution >= 0.6 is 11.6 Å². The fraction of sp³-hybridized carbons (Fsp3) is 0.464. The van der Waals surface area contributed by atoms with Crippen molar-refractivity contribution in [2.45, 2.75) is 61.3 Å². The predicted molar refractivity (Wildman–Crippen MR) is 152 cm³/mol. The molecular formula is C28H31ClN6O5S. The molecule has 0 radical (unpaired) electrons. The molecule has 2 saturated carbocycles. The Labute approximate surface area is 243 Å². The second kappa shape index (κ2) is 10.7. The summed E-state index contributed by atoms with van der Waals surface area (Å²) < 4.78 is 29.9. The molecule has 1 aromatic carbocycles. The van der Waals surface area contributed by atoms with Crippen molar-refractivity contribution < 1.29 is 22.5 Å². The number of amides is 2. The highest BCUT2D eigenvalue weighted by atomic mass is 35.5. The molecule has 3 heterocycles. The average Bonchev–Trinajstić information content (AvgIpc) is 3.88. The van der Waals surface area contributed by atoms with Gasteiger partial charge in [-0.3, -0.25) is 9.59 Å². The highest BCUT2D eigenvalue weighted by Crippen LogP contribution is 2.46. The van der Waals surface area contributed by atoms with Gasteiger partial charge in [0.05, 0.1) is 10.6 Å². The van der Waals surface area contributed by atoms with Gasteiger partial charge in [0.15, 0.2) is 21.5 Å². The summed E-state index contributed by atoms with van der Waals surface area (Å²) in [5, 5.41) is 10.5. The number of piperidine rings is 1. The Kier molecular flexibility index (Phi) is 7.23. The highest BCUT2D eigenvalue weighted by Gasteiger charge is 2.51. The van der Waals surface area contributed by atoms with Crippen LogP contribution in [0.25, 0.3) is 0 Å². The lowest BCUT2D eigenvalue weighted by Gasteiger charge is -2.34. The fourth-order valence-electron chi connectivity index (χ4n) is 5.19. The Morgan fingerprint density at radius 1 is 1.15 bits per heavy atom. The normalized spacial score (nSPS) is 18.6. The van der Waals surface area contributed by atoms with Gasteiger partial charge in [-0.1, -0.05) is 22.8 Å². The number of benzene rings is 1. The maximum absolute atomic E-state index is 13.0. The van der Waals surface area contributed by atoms with Crippen molar-refractivity contribution >= 4 is 44.8 Å². The molecule has 3 aromatic rings. The van der Waals surface area contributed by atoms with E-state index in [9.17, 15) is 18.0 Å². The van der Waals surface area contributed by atoms with Crippen molar-refractivity contribution in [3.63, 3.8) is 0 Å². The van der Waals surface area contributed by atoms with Crippen LogP contribution < -0.4 is 15.5 Å². The van der Waals surface area contributed by atoms with Gasteiger partial charge in [0.25, 0.3) is 11.8 Å². The van der Waals surface area contributed by atoms with Gasteiger partial charge in [-0.2, -0.15) is 4.98 Å². The van der Waals surface area contributed by atoms with E-state index >= 15 is 0 Å². The molecule has 216 valence electrons. The molecule has 2 N–H and O–H groups in total. The van der Waals surface area contributed by atoms with Crippen molar-refractivity contribution in [2.24, 2.45) is 5.92 Å². The summed E-state index contributed by atoms with van der Waals surface area (Å²) in [7, 11) is -3.55. The highest BCUT2D eigenvalue weighted by molar-refractivity contribution is 7.90. The number of pyridine rings is 1. The molecule has 0 atom stereocenters. The first kappa shape index (κ1) is 27.6. The van der Waals surface area contributed by atoms with Gasteiger partial charge in [0.2, 0.25) is 5.91 Å². The minimum absolute atomic E-state index is 0.00806. The molecule has 41 heavy (non-hydrogen) atoms. The Morgan fingerprint density at radius 2 is 1.90 bits per heavy atom. The van der Waals surface area contributed by atoms with Gasteiger partial charge < -0.3 is 20.1 Å². The van der Waals surface area contributed by atoms with E-state index < -0.39 is 21.3 Å². The first-order chi connectivity index (χ1) is 19.6. The van der Waals surface area contributed by atoms with Crippen LogP contribution in [-0.4, -0.2) is 54.7 Å². The maximum atomic E-state index is 13.0. The topological polar surface area (TPSA) is 147 Å². The molecule has 0 bridgehead atoms. The van der Waals surface area contributed by atoms with Crippen molar-refractivity contribution in [3.05, 3.63) is 58.8 Å². The lowest BCUT2D eigenvalue weighted by Crippen LogP contribution is -2.39. The Balaban J connectivity index is 1.10. The molecular weight excluding hydrogens is 568 g/mol. The number of carbonyl (C=O) groups excluding carboxylic acids is 2. The summed E-state index contributed by atoms with van der Waals surface area (Å²) in [6, 6.07) is 7.93. The van der Waals surface area contributed by atoms with E-state index in [1.54, 1.807) is 18.2 Å². The van der Waals surface area contributed by atoms with Crippen molar-refractivity contribution in [2.75, 3.05) is 29.6 Å². The molecule has 0 unspecified atom stereocenters. The standard InChI is InChI=1S/C28H31ClN6O5S/c1-41(38,39)21-15-22(31-26(37)19-3-2-4-20(29)14-19)25(30-16-21)35-11-7-17(8-12-35)13-23(36)33-28(9-10-28)27-32-24(34-40-27)18-5-6-18/h2-4,14-18H,5-13H2,1H3,(H,31,37)(H,33,36). The molecule has 13 heteroatoms. The smallest absolute Gasteiger partial charge is 0.255 e. The Bertz CT molecular complexity index is 1590. The van der Waals surface area contributed by atoms with Crippen LogP contribution in [-0.2, 0) is 20.2 Å². The third-order valence-electron chi connectivity index (χ3n) is 7.92. The molecule has 2 aliphatic carbocycles. The van der Waals surface area contributed by atoms with Crippen LogP contribution in [0.1, 0.15) is 72.9 Å². The van der Waals surface area contributed by atoms with Crippen LogP contribution in [0.4, 0.5) is 11.5 Å². The number of rotatable bonds is 9. The van der Waals surface area contributed by atoms with Gasteiger partial charge in [0, 0.05) is 48.5 Å². The number of nitrogens with zero attached hydrogens (tertiary/aromatic N) is 4. The minimum atomic E-state index is -3.55. The van der Waals surface area contributed by atoms with Crippen LogP contribution in [0.15, 0.2) is 45.9 Å². The lowest BCUT2D eigenvalue weighted by atomic mass is 9.93. The van der Waals surface area contributed by atoms with Gasteiger partial charge in [-0.15, -0.1) is 0 Å². The van der Waals surface area contributed by atoms with Crippen LogP contribution in [0.5, 0.6) is 0 Å². The van der Waals surface area contributed by atoms with Crippen molar-refractivity contribution in [3.8, 4) is 0 Å². The summed E-state index contributed by atoms with van der Waals surface area (Å²) in [5.41, 5.74) is 0.116. The van der Waals surface area contributed by atoms with Crippen LogP contribution in [0.3, 0.4) is 0 Å². The van der Waals surface area contributed by atoms with E-state index in [-0.39, 0.29) is 16.7 Å². The Hall–Kier alpha value is -3.51. The summed E-state index contributed by atoms with van der Waals surface area (Å²) >= 11 is 6.05. The molecule has 2 aromatic heterocycles. The molecule has 1 saturated heterocycles. The number of hydrogen-bond donors (Lipinski definition) is 2. The lowest BCUT2D eigenvalue weighted by molar-refractivity contribution is -0.123. The van der Waals surface area contributed by atoms with Gasteiger partial charge in [0.1, 0.15) is 5.54 Å². The van der Waals surface area contributed by atoms with Gasteiger partial charge in [-0.25, -0.2) is 13.4 Å². The van der Waals surface area contributed by atoms with Gasteiger partial charge in [-0.05, 0) is 68.7 Å². The molecule has 3 aliphatic rings. The van der Waals surface area contributed by atoms with Crippen LogP contribution in [0, 0.1) is 5.92 Å². The van der Waals surface area contributed by atoms with Crippen LogP contribution in [0.2, 0.25) is 5.02 Å². The van der Waals surface area contributed by atoms with E-state index in [1.807, 2.05) is 4.90 Å². The van der Waals surface area contributed by atoms with Crippen molar-refractivity contribution in [1.29, 1.82) is 0 Å². The second-order valence-corrected chi connectivity index (χ2v) is 13.7. The molecule has 1 aliphatic heterocycles. The van der Waals surface area contributed by atoms with E-state index in [1.165, 1.54) is 18.3 Å². The van der Waals surface area contributed by atoms with E-state index in [2.05, 4.69) is 25.8 Å². The largest absolute Gasteiger partial charge is 0.355 e. The molecule has 6 rings (SSSR count). The first-order valence-corrected chi connectivity index (χ1v) is 16.0. The SMILES string of the molecule is CS(=O)(=O)c1cnc(N2CCC(CC(=O)NC3(c4nc(C5CC5)no4)CC3)CC2)c(NC(=O)c2cccc(Cl)c2)c1. The molecule has 0 spiro atoms. The summed E-state index contributed by atoms with van der Waals surface area (Å²) in [4.78, 5) is 36.9. The van der Waals surface area contributed by atoms with Crippen molar-refractivity contribution in [1.82, 2.24) is 20.4 Å². The molecule has 11 nitrogen and oxygen atoms in total. The first-order valence-electron chi connectivity index (χ1n) is 13.8. The maximum Gasteiger partial charge on any atom is 0.255 e. The second-order valence-electron chi connectivity index (χ2n) is 11.3. The zero-order valence-corrected chi connectivity index (χ0v) is 24.2. The number of sulfone groups is 1. The van der Waals surface area contributed by atoms with E-state index in [0.717, 1.165) is 50.6 Å². The fourth-order valence-corrected chi connectivity index (χ4v) is 5.96. The Morgan fingerprint density at radius 3 is 2.56 bits per heavy atom. The van der Waals surface area contributed by atoms with E-state index in [0.29, 0.717) is 53.4 Å². The quantitative estimate of drug-likeness (QED) is 0.372. The predicted octanol–water partition coefficient (Wildman–Crippen LogP) is 4.06. The summed E-state index contributed by atoms with van der Waals surface area (Å²) in [6.07, 6.45) is 8.03. The zero-order chi connectivity index (χ0) is 28.8. The number of halogens is 1.